The Morgan fingerprint density at radius 1 is 0.875 bits per heavy atom. The quantitative estimate of drug-likeness (QED) is 0.732. The van der Waals surface area contributed by atoms with E-state index in [0.29, 0.717) is 0 Å². The molecule has 2 rings (SSSR count). The van der Waals surface area contributed by atoms with Crippen molar-refractivity contribution in [3.63, 3.8) is 0 Å². The van der Waals surface area contributed by atoms with Crippen molar-refractivity contribution in [3.8, 4) is 0 Å². The van der Waals surface area contributed by atoms with E-state index in [1.807, 2.05) is 0 Å². The fourth-order valence-electron chi connectivity index (χ4n) is 1.78. The molecule has 0 atom stereocenters. The van der Waals surface area contributed by atoms with E-state index in [-0.39, 0.29) is 0 Å². The molecular weight excluding hydrogens is 212 g/mol. The molecule has 0 radical (unpaired) electrons. The molecule has 0 bridgehead atoms. The van der Waals surface area contributed by atoms with Crippen LogP contribution in [-0.2, 0) is 6.42 Å². The van der Waals surface area contributed by atoms with Gasteiger partial charge in [-0.1, -0.05) is 47.5 Å². The van der Waals surface area contributed by atoms with Crippen LogP contribution in [0.15, 0.2) is 47.4 Å². The van der Waals surface area contributed by atoms with Crippen LogP contribution in [-0.4, -0.2) is 0 Å². The van der Waals surface area contributed by atoms with Crippen LogP contribution in [0.5, 0.6) is 0 Å². The molecule has 0 saturated carbocycles. The van der Waals surface area contributed by atoms with Crippen molar-refractivity contribution < 1.29 is 0 Å². The van der Waals surface area contributed by atoms with Gasteiger partial charge in [0.25, 0.3) is 0 Å². The van der Waals surface area contributed by atoms with E-state index in [4.69, 9.17) is 0 Å². The first-order valence-corrected chi connectivity index (χ1v) is 5.94. The second-order valence-electron chi connectivity index (χ2n) is 4.29. The number of hydrogen-bond acceptors (Lipinski definition) is 1. The molecule has 1 heteroatoms. The molecule has 0 N–H and O–H groups in total. The average molecular weight is 228 g/mol. The zero-order valence-corrected chi connectivity index (χ0v) is 10.6. The summed E-state index contributed by atoms with van der Waals surface area (Å²) in [6.07, 6.45) is 0.959. The highest BCUT2D eigenvalue weighted by molar-refractivity contribution is 7.80. The summed E-state index contributed by atoms with van der Waals surface area (Å²) in [6.45, 7) is 4.23. The number of hydrogen-bond donors (Lipinski definition) is 1. The van der Waals surface area contributed by atoms with Crippen LogP contribution in [0.25, 0.3) is 0 Å². The maximum absolute atomic E-state index is 4.50. The molecule has 2 aromatic carbocycles. The Labute approximate surface area is 103 Å². The SMILES string of the molecule is Cc1ccc(Cc2cc(C)ccc2S)cc1. The molecule has 2 aromatic rings. The first-order chi connectivity index (χ1) is 7.65. The van der Waals surface area contributed by atoms with Gasteiger partial charge >= 0.3 is 0 Å². The van der Waals surface area contributed by atoms with Crippen molar-refractivity contribution in [1.29, 1.82) is 0 Å². The monoisotopic (exact) mass is 228 g/mol. The summed E-state index contributed by atoms with van der Waals surface area (Å²) in [5.41, 5.74) is 5.23. The standard InChI is InChI=1S/C15H16S/c1-11-3-6-13(7-4-11)10-14-9-12(2)5-8-15(14)16/h3-9,16H,10H2,1-2H3. The Bertz CT molecular complexity index is 483. The zero-order chi connectivity index (χ0) is 11.5. The van der Waals surface area contributed by atoms with E-state index in [0.717, 1.165) is 11.3 Å². The predicted octanol–water partition coefficient (Wildman–Crippen LogP) is 4.18. The van der Waals surface area contributed by atoms with Crippen LogP contribution in [0.4, 0.5) is 0 Å². The minimum absolute atomic E-state index is 0.959. The van der Waals surface area contributed by atoms with Crippen molar-refractivity contribution in [2.24, 2.45) is 0 Å². The summed E-state index contributed by atoms with van der Waals surface area (Å²) in [7, 11) is 0. The number of rotatable bonds is 2. The van der Waals surface area contributed by atoms with Gasteiger partial charge in [-0.25, -0.2) is 0 Å². The van der Waals surface area contributed by atoms with Gasteiger partial charge in [0.2, 0.25) is 0 Å². The highest BCUT2D eigenvalue weighted by Gasteiger charge is 2.01. The third-order valence-corrected chi connectivity index (χ3v) is 3.19. The largest absolute Gasteiger partial charge is 0.143 e. The van der Waals surface area contributed by atoms with Gasteiger partial charge in [-0.05, 0) is 37.5 Å². The van der Waals surface area contributed by atoms with E-state index in [1.54, 1.807) is 0 Å². The summed E-state index contributed by atoms with van der Waals surface area (Å²) in [5, 5.41) is 0. The molecule has 0 saturated heterocycles. The summed E-state index contributed by atoms with van der Waals surface area (Å²) in [6, 6.07) is 15.1. The maximum Gasteiger partial charge on any atom is 0.00756 e. The zero-order valence-electron chi connectivity index (χ0n) is 9.70. The molecular formula is C15H16S. The third kappa shape index (κ3) is 2.67. The fourth-order valence-corrected chi connectivity index (χ4v) is 2.00. The molecule has 0 unspecified atom stereocenters. The predicted molar refractivity (Wildman–Crippen MR) is 72.4 cm³/mol. The van der Waals surface area contributed by atoms with Gasteiger partial charge in [-0.2, -0.15) is 0 Å². The second kappa shape index (κ2) is 4.75. The molecule has 16 heavy (non-hydrogen) atoms. The summed E-state index contributed by atoms with van der Waals surface area (Å²) in [5.74, 6) is 0. The van der Waals surface area contributed by atoms with Crippen molar-refractivity contribution in [2.45, 2.75) is 25.2 Å². The van der Waals surface area contributed by atoms with Crippen molar-refractivity contribution in [3.05, 3.63) is 64.7 Å². The van der Waals surface area contributed by atoms with E-state index in [9.17, 15) is 0 Å². The highest BCUT2D eigenvalue weighted by atomic mass is 32.1. The lowest BCUT2D eigenvalue weighted by molar-refractivity contribution is 1.12. The minimum Gasteiger partial charge on any atom is -0.143 e. The van der Waals surface area contributed by atoms with Crippen LogP contribution >= 0.6 is 12.6 Å². The van der Waals surface area contributed by atoms with Gasteiger partial charge in [0.05, 0.1) is 0 Å². The molecule has 0 spiro atoms. The van der Waals surface area contributed by atoms with E-state index in [1.165, 1.54) is 22.3 Å². The summed E-state index contributed by atoms with van der Waals surface area (Å²) >= 11 is 4.50. The Morgan fingerprint density at radius 3 is 2.19 bits per heavy atom. The van der Waals surface area contributed by atoms with E-state index in [2.05, 4.69) is 68.9 Å². The lowest BCUT2D eigenvalue weighted by Gasteiger charge is -2.07. The van der Waals surface area contributed by atoms with Gasteiger partial charge in [0.1, 0.15) is 0 Å². The lowest BCUT2D eigenvalue weighted by atomic mass is 10.0. The van der Waals surface area contributed by atoms with Gasteiger partial charge in [-0.15, -0.1) is 12.6 Å². The Morgan fingerprint density at radius 2 is 1.50 bits per heavy atom. The number of benzene rings is 2. The van der Waals surface area contributed by atoms with Gasteiger partial charge in [-0.3, -0.25) is 0 Å². The fraction of sp³-hybridized carbons (Fsp3) is 0.200. The van der Waals surface area contributed by atoms with E-state index >= 15 is 0 Å². The molecule has 0 aliphatic heterocycles. The second-order valence-corrected chi connectivity index (χ2v) is 4.78. The smallest absolute Gasteiger partial charge is 0.00756 e. The van der Waals surface area contributed by atoms with E-state index < -0.39 is 0 Å². The van der Waals surface area contributed by atoms with Crippen LogP contribution in [0.2, 0.25) is 0 Å². The summed E-state index contributed by atoms with van der Waals surface area (Å²) in [4.78, 5) is 1.08. The molecule has 0 nitrogen and oxygen atoms in total. The van der Waals surface area contributed by atoms with Crippen LogP contribution in [0.1, 0.15) is 22.3 Å². The molecule has 0 aromatic heterocycles. The molecule has 0 amide bonds. The van der Waals surface area contributed by atoms with Crippen molar-refractivity contribution >= 4 is 12.6 Å². The van der Waals surface area contributed by atoms with Crippen molar-refractivity contribution in [2.75, 3.05) is 0 Å². The molecule has 82 valence electrons. The van der Waals surface area contributed by atoms with Gasteiger partial charge in [0.15, 0.2) is 0 Å². The highest BCUT2D eigenvalue weighted by Crippen LogP contribution is 2.19. The number of aryl methyl sites for hydroxylation is 2. The van der Waals surface area contributed by atoms with Gasteiger partial charge in [0, 0.05) is 4.90 Å². The third-order valence-electron chi connectivity index (χ3n) is 2.75. The molecule has 0 aliphatic carbocycles. The van der Waals surface area contributed by atoms with Gasteiger partial charge < -0.3 is 0 Å². The normalized spacial score (nSPS) is 10.4. The first-order valence-electron chi connectivity index (χ1n) is 5.49. The summed E-state index contributed by atoms with van der Waals surface area (Å²) < 4.78 is 0. The number of thiol groups is 1. The minimum atomic E-state index is 0.959. The van der Waals surface area contributed by atoms with Crippen LogP contribution in [0.3, 0.4) is 0 Å². The Hall–Kier alpha value is -1.21. The topological polar surface area (TPSA) is 0 Å². The van der Waals surface area contributed by atoms with Crippen molar-refractivity contribution in [1.82, 2.24) is 0 Å². The van der Waals surface area contributed by atoms with Crippen LogP contribution in [0, 0.1) is 13.8 Å². The molecule has 0 heterocycles. The lowest BCUT2D eigenvalue weighted by Crippen LogP contribution is -1.91. The molecule has 0 aliphatic rings. The maximum atomic E-state index is 4.50. The first kappa shape index (κ1) is 11.3. The Kier molecular flexibility index (Phi) is 3.35. The molecule has 0 fully saturated rings. The average Bonchev–Trinajstić information content (AvgIpc) is 2.27. The van der Waals surface area contributed by atoms with Crippen LogP contribution < -0.4 is 0 Å². The Balaban J connectivity index is 2.26.